The number of carbonyl (C=O) groups excluding carboxylic acids is 1. The number of hydrogen-bond acceptors (Lipinski definition) is 3. The molecule has 1 heterocycles. The van der Waals surface area contributed by atoms with E-state index in [2.05, 4.69) is 10.3 Å². The summed E-state index contributed by atoms with van der Waals surface area (Å²) in [5.41, 5.74) is 2.11. The van der Waals surface area contributed by atoms with Gasteiger partial charge in [0.05, 0.1) is 11.1 Å². The first-order valence-electron chi connectivity index (χ1n) is 6.61. The minimum Gasteiger partial charge on any atom is -0.505 e. The van der Waals surface area contributed by atoms with E-state index in [0.717, 1.165) is 5.56 Å². The molecule has 0 saturated heterocycles. The van der Waals surface area contributed by atoms with Gasteiger partial charge in [0.2, 0.25) is 0 Å². The maximum atomic E-state index is 12.1. The molecule has 4 heteroatoms. The van der Waals surface area contributed by atoms with E-state index in [1.807, 2.05) is 48.5 Å². The molecule has 0 bridgehead atoms. The number of para-hydroxylation sites is 1. The maximum absolute atomic E-state index is 12.1. The minimum absolute atomic E-state index is 0.0979. The maximum Gasteiger partial charge on any atom is 0.255 e. The highest BCUT2D eigenvalue weighted by atomic mass is 16.3. The topological polar surface area (TPSA) is 62.2 Å². The van der Waals surface area contributed by atoms with E-state index in [-0.39, 0.29) is 17.2 Å². The molecule has 0 atom stereocenters. The number of fused-ring (bicyclic) bond motifs is 1. The number of amides is 1. The van der Waals surface area contributed by atoms with Crippen LogP contribution in [0.3, 0.4) is 0 Å². The van der Waals surface area contributed by atoms with E-state index in [1.165, 1.54) is 0 Å². The van der Waals surface area contributed by atoms with Crippen LogP contribution in [0.2, 0.25) is 0 Å². The van der Waals surface area contributed by atoms with Crippen LogP contribution in [0.25, 0.3) is 22.2 Å². The number of pyridine rings is 1. The first-order valence-corrected chi connectivity index (χ1v) is 6.61. The molecule has 3 aromatic rings. The third kappa shape index (κ3) is 2.21. The summed E-state index contributed by atoms with van der Waals surface area (Å²) in [6.07, 6.45) is 0. The van der Waals surface area contributed by atoms with Gasteiger partial charge in [-0.25, -0.2) is 4.98 Å². The monoisotopic (exact) mass is 278 g/mol. The fraction of sp³-hybridized carbons (Fsp3) is 0.0588. The molecule has 0 aliphatic carbocycles. The predicted molar refractivity (Wildman–Crippen MR) is 82.2 cm³/mol. The van der Waals surface area contributed by atoms with Gasteiger partial charge in [-0.15, -0.1) is 0 Å². The zero-order valence-electron chi connectivity index (χ0n) is 11.5. The quantitative estimate of drug-likeness (QED) is 0.757. The summed E-state index contributed by atoms with van der Waals surface area (Å²) in [5.74, 6) is -0.428. The van der Waals surface area contributed by atoms with Crippen molar-refractivity contribution >= 4 is 16.8 Å². The van der Waals surface area contributed by atoms with Gasteiger partial charge in [0.1, 0.15) is 5.69 Å². The molecule has 0 spiro atoms. The highest BCUT2D eigenvalue weighted by Gasteiger charge is 2.20. The molecule has 2 aromatic carbocycles. The lowest BCUT2D eigenvalue weighted by molar-refractivity contribution is 0.0962. The normalized spacial score (nSPS) is 10.5. The molecule has 21 heavy (non-hydrogen) atoms. The summed E-state index contributed by atoms with van der Waals surface area (Å²) in [6.45, 7) is 0. The highest BCUT2D eigenvalue weighted by Crippen LogP contribution is 2.35. The van der Waals surface area contributed by atoms with Crippen LogP contribution >= 0.6 is 0 Å². The SMILES string of the molecule is CNC(=O)c1c(O)c(-c2ccccc2)nc2ccccc12. The summed E-state index contributed by atoms with van der Waals surface area (Å²) in [5, 5.41) is 13.7. The van der Waals surface area contributed by atoms with Gasteiger partial charge >= 0.3 is 0 Å². The van der Waals surface area contributed by atoms with Crippen molar-refractivity contribution < 1.29 is 9.90 Å². The summed E-state index contributed by atoms with van der Waals surface area (Å²) < 4.78 is 0. The summed E-state index contributed by atoms with van der Waals surface area (Å²) in [7, 11) is 1.54. The van der Waals surface area contributed by atoms with Crippen LogP contribution in [0.4, 0.5) is 0 Å². The molecular formula is C17H14N2O2. The number of nitrogens with one attached hydrogen (secondary N) is 1. The molecule has 0 unspecified atom stereocenters. The minimum atomic E-state index is -0.330. The van der Waals surface area contributed by atoms with Gasteiger partial charge in [-0.3, -0.25) is 4.79 Å². The number of rotatable bonds is 2. The van der Waals surface area contributed by atoms with Crippen molar-refractivity contribution in [3.8, 4) is 17.0 Å². The number of hydrogen-bond donors (Lipinski definition) is 2. The van der Waals surface area contributed by atoms with Crippen LogP contribution in [0.15, 0.2) is 54.6 Å². The Bertz CT molecular complexity index is 814. The molecule has 1 amide bonds. The lowest BCUT2D eigenvalue weighted by Gasteiger charge is -2.12. The van der Waals surface area contributed by atoms with Crippen LogP contribution in [0.5, 0.6) is 5.75 Å². The average molecular weight is 278 g/mol. The molecular weight excluding hydrogens is 264 g/mol. The van der Waals surface area contributed by atoms with E-state index >= 15 is 0 Å². The summed E-state index contributed by atoms with van der Waals surface area (Å²) in [6, 6.07) is 16.6. The van der Waals surface area contributed by atoms with Crippen molar-refractivity contribution in [1.29, 1.82) is 0 Å². The van der Waals surface area contributed by atoms with Crippen LogP contribution in [-0.4, -0.2) is 23.0 Å². The van der Waals surface area contributed by atoms with Crippen molar-refractivity contribution in [2.75, 3.05) is 7.05 Å². The van der Waals surface area contributed by atoms with E-state index in [1.54, 1.807) is 13.1 Å². The van der Waals surface area contributed by atoms with Crippen molar-refractivity contribution in [3.05, 3.63) is 60.2 Å². The number of aromatic hydroxyl groups is 1. The Kier molecular flexibility index (Phi) is 3.28. The predicted octanol–water partition coefficient (Wildman–Crippen LogP) is 2.97. The van der Waals surface area contributed by atoms with Crippen LogP contribution in [0, 0.1) is 0 Å². The molecule has 3 rings (SSSR count). The van der Waals surface area contributed by atoms with E-state index < -0.39 is 0 Å². The molecule has 4 nitrogen and oxygen atoms in total. The standard InChI is InChI=1S/C17H14N2O2/c1-18-17(21)14-12-9-5-6-10-13(12)19-15(16(14)20)11-7-3-2-4-8-11/h2-10,20H,1H3,(H,18,21). The lowest BCUT2D eigenvalue weighted by atomic mass is 10.0. The third-order valence-electron chi connectivity index (χ3n) is 3.37. The Hall–Kier alpha value is -2.88. The molecule has 0 aliphatic heterocycles. The second kappa shape index (κ2) is 5.25. The Morgan fingerprint density at radius 1 is 1.05 bits per heavy atom. The van der Waals surface area contributed by atoms with Crippen LogP contribution < -0.4 is 5.32 Å². The van der Waals surface area contributed by atoms with Gasteiger partial charge in [-0.05, 0) is 6.07 Å². The smallest absolute Gasteiger partial charge is 0.255 e. The highest BCUT2D eigenvalue weighted by molar-refractivity contribution is 6.10. The van der Waals surface area contributed by atoms with Gasteiger partial charge in [0.15, 0.2) is 5.75 Å². The molecule has 0 aliphatic rings. The Balaban J connectivity index is 2.37. The second-order valence-corrected chi connectivity index (χ2v) is 4.65. The Morgan fingerprint density at radius 3 is 2.43 bits per heavy atom. The van der Waals surface area contributed by atoms with E-state index in [4.69, 9.17) is 0 Å². The largest absolute Gasteiger partial charge is 0.505 e. The fourth-order valence-corrected chi connectivity index (χ4v) is 2.35. The molecule has 2 N–H and O–H groups in total. The summed E-state index contributed by atoms with van der Waals surface area (Å²) in [4.78, 5) is 16.6. The molecule has 104 valence electrons. The van der Waals surface area contributed by atoms with Gasteiger partial charge in [-0.1, -0.05) is 48.5 Å². The van der Waals surface area contributed by atoms with Gasteiger partial charge in [0.25, 0.3) is 5.91 Å². The molecule has 0 fully saturated rings. The molecule has 1 aromatic heterocycles. The zero-order chi connectivity index (χ0) is 14.8. The van der Waals surface area contributed by atoms with Crippen LogP contribution in [-0.2, 0) is 0 Å². The molecule has 0 radical (unpaired) electrons. The summed E-state index contributed by atoms with van der Waals surface area (Å²) >= 11 is 0. The van der Waals surface area contributed by atoms with Crippen molar-refractivity contribution in [2.24, 2.45) is 0 Å². The fourth-order valence-electron chi connectivity index (χ4n) is 2.35. The van der Waals surface area contributed by atoms with Gasteiger partial charge < -0.3 is 10.4 Å². The third-order valence-corrected chi connectivity index (χ3v) is 3.37. The second-order valence-electron chi connectivity index (χ2n) is 4.65. The van der Waals surface area contributed by atoms with Gasteiger partial charge in [0, 0.05) is 18.0 Å². The Morgan fingerprint density at radius 2 is 1.71 bits per heavy atom. The van der Waals surface area contributed by atoms with E-state index in [0.29, 0.717) is 16.6 Å². The lowest BCUT2D eigenvalue weighted by Crippen LogP contribution is -2.18. The Labute approximate surface area is 122 Å². The van der Waals surface area contributed by atoms with E-state index in [9.17, 15) is 9.90 Å². The average Bonchev–Trinajstić information content (AvgIpc) is 2.54. The van der Waals surface area contributed by atoms with Crippen molar-refractivity contribution in [2.45, 2.75) is 0 Å². The van der Waals surface area contributed by atoms with Crippen molar-refractivity contribution in [1.82, 2.24) is 10.3 Å². The van der Waals surface area contributed by atoms with Crippen molar-refractivity contribution in [3.63, 3.8) is 0 Å². The number of aromatic nitrogens is 1. The van der Waals surface area contributed by atoms with Crippen LogP contribution in [0.1, 0.15) is 10.4 Å². The number of benzene rings is 2. The zero-order valence-corrected chi connectivity index (χ0v) is 11.5. The number of nitrogens with zero attached hydrogens (tertiary/aromatic N) is 1. The number of carbonyl (C=O) groups is 1. The van der Waals surface area contributed by atoms with Gasteiger partial charge in [-0.2, -0.15) is 0 Å². The molecule has 0 saturated carbocycles. The first-order chi connectivity index (χ1) is 10.2. The first kappa shape index (κ1) is 13.1.